The minimum atomic E-state index is -2.87. The Kier molecular flexibility index (Phi) is 5.32. The van der Waals surface area contributed by atoms with Gasteiger partial charge in [0.15, 0.2) is 0 Å². The molecular formula is C21H30O6Si. The van der Waals surface area contributed by atoms with Crippen molar-refractivity contribution in [3.63, 3.8) is 0 Å². The summed E-state index contributed by atoms with van der Waals surface area (Å²) in [4.78, 5) is 38.2. The molecule has 0 aromatic carbocycles. The number of esters is 2. The Labute approximate surface area is 167 Å². The molecule has 2 aliphatic heterocycles. The van der Waals surface area contributed by atoms with Crippen molar-refractivity contribution >= 4 is 26.3 Å². The monoisotopic (exact) mass is 406 g/mol. The van der Waals surface area contributed by atoms with E-state index in [2.05, 4.69) is 6.58 Å². The van der Waals surface area contributed by atoms with E-state index in [0.717, 1.165) is 5.57 Å². The number of hydrogen-bond donors (Lipinski definition) is 0. The highest BCUT2D eigenvalue weighted by atomic mass is 28.4. The Morgan fingerprint density at radius 1 is 1.14 bits per heavy atom. The summed E-state index contributed by atoms with van der Waals surface area (Å²) in [7, 11) is -2.87. The lowest BCUT2D eigenvalue weighted by Crippen LogP contribution is -2.55. The summed E-state index contributed by atoms with van der Waals surface area (Å²) in [5.74, 6) is -1.51. The summed E-state index contributed by atoms with van der Waals surface area (Å²) in [5, 5.41) is 0. The zero-order valence-corrected chi connectivity index (χ0v) is 18.6. The number of Topliss-reactive ketones (excluding diaryl/α,β-unsaturated/α-hetero) is 1. The Morgan fingerprint density at radius 2 is 1.75 bits per heavy atom. The molecule has 7 heteroatoms. The van der Waals surface area contributed by atoms with Gasteiger partial charge in [-0.3, -0.25) is 4.79 Å². The quantitative estimate of drug-likeness (QED) is 0.307. The summed E-state index contributed by atoms with van der Waals surface area (Å²) in [6.45, 7) is 16.0. The maximum atomic E-state index is 13.1. The first kappa shape index (κ1) is 21.1. The van der Waals surface area contributed by atoms with E-state index in [-0.39, 0.29) is 40.5 Å². The SMILES string of the molecule is C=C(C)[C@@H]1CCC(=O)[C@@]1(C)C1O[Si](C(C)C)(C(C)C)OCC2=C1C(=O)OC2=O. The highest BCUT2D eigenvalue weighted by Crippen LogP contribution is 2.53. The molecule has 28 heavy (non-hydrogen) atoms. The largest absolute Gasteiger partial charge is 0.389 e. The van der Waals surface area contributed by atoms with Gasteiger partial charge in [0.05, 0.1) is 29.3 Å². The summed E-state index contributed by atoms with van der Waals surface area (Å²) in [6.07, 6.45) is 0.199. The zero-order valence-electron chi connectivity index (χ0n) is 17.6. The summed E-state index contributed by atoms with van der Waals surface area (Å²) >= 11 is 0. The molecule has 1 aliphatic carbocycles. The lowest BCUT2D eigenvalue weighted by Gasteiger charge is -2.44. The fourth-order valence-electron chi connectivity index (χ4n) is 5.12. The van der Waals surface area contributed by atoms with Crippen LogP contribution in [0.4, 0.5) is 0 Å². The first-order valence-corrected chi connectivity index (χ1v) is 11.9. The number of carbonyl (C=O) groups is 3. The summed E-state index contributed by atoms with van der Waals surface area (Å²) in [5.41, 5.74) is 0.417. The standard InChI is InChI=1S/C21H30O6Si/c1-11(2)15-8-9-16(22)21(15,7)18-17-14(19(23)26-20(17)24)10-25-28(27-18,12(3)4)13(5)6/h12-13,15,18H,1,8-10H2,2-7H3/t15-,18?,21-/m0/s1. The van der Waals surface area contributed by atoms with Gasteiger partial charge < -0.3 is 13.6 Å². The van der Waals surface area contributed by atoms with E-state index in [1.165, 1.54) is 0 Å². The van der Waals surface area contributed by atoms with Gasteiger partial charge in [-0.1, -0.05) is 39.8 Å². The highest BCUT2D eigenvalue weighted by Gasteiger charge is 2.61. The predicted molar refractivity (Wildman–Crippen MR) is 106 cm³/mol. The van der Waals surface area contributed by atoms with E-state index < -0.39 is 32.0 Å². The maximum absolute atomic E-state index is 13.1. The molecule has 0 spiro atoms. The topological polar surface area (TPSA) is 78.9 Å². The molecule has 0 aromatic rings. The molecule has 0 N–H and O–H groups in total. The summed E-state index contributed by atoms with van der Waals surface area (Å²) < 4.78 is 17.9. The minimum Gasteiger partial charge on any atom is -0.389 e. The van der Waals surface area contributed by atoms with Crippen molar-refractivity contribution in [1.82, 2.24) is 0 Å². The van der Waals surface area contributed by atoms with Crippen LogP contribution in [-0.4, -0.2) is 39.0 Å². The first-order valence-electron chi connectivity index (χ1n) is 9.96. The lowest BCUT2D eigenvalue weighted by molar-refractivity contribution is -0.152. The molecule has 1 fully saturated rings. The maximum Gasteiger partial charge on any atom is 0.345 e. The third kappa shape index (κ3) is 2.86. The average molecular weight is 407 g/mol. The number of rotatable bonds is 4. The van der Waals surface area contributed by atoms with Gasteiger partial charge in [0.25, 0.3) is 0 Å². The normalized spacial score (nSPS) is 32.8. The van der Waals surface area contributed by atoms with Crippen LogP contribution in [-0.2, 0) is 28.0 Å². The zero-order chi connectivity index (χ0) is 21.0. The molecular weight excluding hydrogens is 376 g/mol. The first-order chi connectivity index (χ1) is 13.0. The number of carbonyl (C=O) groups excluding carboxylic acids is 3. The Morgan fingerprint density at radius 3 is 2.29 bits per heavy atom. The number of ketones is 1. The molecule has 1 saturated carbocycles. The van der Waals surface area contributed by atoms with Gasteiger partial charge in [-0.2, -0.15) is 0 Å². The third-order valence-corrected chi connectivity index (χ3v) is 11.1. The van der Waals surface area contributed by atoms with Gasteiger partial charge in [0.1, 0.15) is 5.78 Å². The number of allylic oxidation sites excluding steroid dienone is 1. The van der Waals surface area contributed by atoms with Crippen LogP contribution < -0.4 is 0 Å². The van der Waals surface area contributed by atoms with E-state index in [1.54, 1.807) is 0 Å². The van der Waals surface area contributed by atoms with Crippen LogP contribution in [0.1, 0.15) is 54.4 Å². The average Bonchev–Trinajstić information content (AvgIpc) is 2.96. The van der Waals surface area contributed by atoms with Gasteiger partial charge in [0, 0.05) is 6.42 Å². The number of ether oxygens (including phenoxy) is 1. The van der Waals surface area contributed by atoms with Crippen molar-refractivity contribution in [3.8, 4) is 0 Å². The second-order valence-electron chi connectivity index (χ2n) is 9.03. The molecule has 2 heterocycles. The van der Waals surface area contributed by atoms with E-state index in [1.807, 2.05) is 41.5 Å². The van der Waals surface area contributed by atoms with Gasteiger partial charge in [-0.25, -0.2) is 9.59 Å². The van der Waals surface area contributed by atoms with Crippen LogP contribution in [0.5, 0.6) is 0 Å². The summed E-state index contributed by atoms with van der Waals surface area (Å²) in [6, 6.07) is 0. The minimum absolute atomic E-state index is 0.0129. The molecule has 0 saturated heterocycles. The van der Waals surface area contributed by atoms with Gasteiger partial charge >= 0.3 is 20.5 Å². The predicted octanol–water partition coefficient (Wildman–Crippen LogP) is 3.61. The molecule has 3 aliphatic rings. The molecule has 0 radical (unpaired) electrons. The lowest BCUT2D eigenvalue weighted by atomic mass is 9.69. The van der Waals surface area contributed by atoms with Crippen LogP contribution in [0.15, 0.2) is 23.3 Å². The van der Waals surface area contributed by atoms with Gasteiger partial charge in [-0.15, -0.1) is 0 Å². The third-order valence-electron chi connectivity index (χ3n) is 6.72. The van der Waals surface area contributed by atoms with Crippen molar-refractivity contribution < 1.29 is 28.0 Å². The molecule has 3 rings (SSSR count). The van der Waals surface area contributed by atoms with E-state index in [9.17, 15) is 14.4 Å². The van der Waals surface area contributed by atoms with Crippen molar-refractivity contribution in [3.05, 3.63) is 23.3 Å². The van der Waals surface area contributed by atoms with Crippen molar-refractivity contribution in [2.45, 2.75) is 71.6 Å². The molecule has 6 nitrogen and oxygen atoms in total. The molecule has 154 valence electrons. The molecule has 3 atom stereocenters. The number of hydrogen-bond acceptors (Lipinski definition) is 6. The van der Waals surface area contributed by atoms with Crippen molar-refractivity contribution in [1.29, 1.82) is 0 Å². The Hall–Kier alpha value is -1.57. The Balaban J connectivity index is 2.23. The van der Waals surface area contributed by atoms with Crippen LogP contribution in [0, 0.1) is 11.3 Å². The van der Waals surface area contributed by atoms with Crippen molar-refractivity contribution in [2.75, 3.05) is 6.61 Å². The second kappa shape index (κ2) is 7.04. The fraction of sp³-hybridized carbons (Fsp3) is 0.667. The fourth-order valence-corrected chi connectivity index (χ4v) is 8.83. The Bertz CT molecular complexity index is 772. The van der Waals surface area contributed by atoms with Crippen LogP contribution in [0.25, 0.3) is 0 Å². The number of cyclic esters (lactones) is 2. The molecule has 0 bridgehead atoms. The van der Waals surface area contributed by atoms with Crippen LogP contribution >= 0.6 is 0 Å². The highest BCUT2D eigenvalue weighted by molar-refractivity contribution is 6.70. The van der Waals surface area contributed by atoms with Gasteiger partial charge in [0.2, 0.25) is 0 Å². The smallest absolute Gasteiger partial charge is 0.345 e. The molecule has 0 aromatic heterocycles. The van der Waals surface area contributed by atoms with E-state index >= 15 is 0 Å². The molecule has 0 amide bonds. The van der Waals surface area contributed by atoms with Crippen LogP contribution in [0.2, 0.25) is 11.1 Å². The molecule has 1 unspecified atom stereocenters. The second-order valence-corrected chi connectivity index (χ2v) is 13.3. The van der Waals surface area contributed by atoms with Crippen LogP contribution in [0.3, 0.4) is 0 Å². The van der Waals surface area contributed by atoms with E-state index in [4.69, 9.17) is 13.6 Å². The van der Waals surface area contributed by atoms with Crippen molar-refractivity contribution in [2.24, 2.45) is 11.3 Å². The van der Waals surface area contributed by atoms with Gasteiger partial charge in [-0.05, 0) is 37.3 Å². The van der Waals surface area contributed by atoms with E-state index in [0.29, 0.717) is 12.8 Å².